The lowest BCUT2D eigenvalue weighted by atomic mass is 9.76. The molecule has 42 heavy (non-hydrogen) atoms. The van der Waals surface area contributed by atoms with Gasteiger partial charge in [-0.1, -0.05) is 38.8 Å². The second-order valence-electron chi connectivity index (χ2n) is 11.8. The highest BCUT2D eigenvalue weighted by Crippen LogP contribution is 2.46. The van der Waals surface area contributed by atoms with Gasteiger partial charge in [-0.2, -0.15) is 4.98 Å². The first-order valence-corrected chi connectivity index (χ1v) is 16.6. The van der Waals surface area contributed by atoms with Crippen LogP contribution in [0.5, 0.6) is 0 Å². The molecule has 11 heteroatoms. The van der Waals surface area contributed by atoms with Crippen LogP contribution in [-0.2, 0) is 38.8 Å². The standard InChI is InChI=1S/C31H41N5O5S/c1-5-15-42(39,40)35-26-12-11-22(17-23(26)6-2)13-14-31(24-9-7-8-10-24)19-27(37)25(29(38)41-31)18-28-33-30-32-20(3)16-21(4)36(30)34-28/h11-12,16-17,24,35,37H,5-10,13-15,18-19H2,1-4H3. The highest BCUT2D eigenvalue weighted by Gasteiger charge is 2.48. The van der Waals surface area contributed by atoms with Crippen LogP contribution >= 0.6 is 0 Å². The van der Waals surface area contributed by atoms with Gasteiger partial charge in [0.1, 0.15) is 11.4 Å². The molecule has 0 amide bonds. The minimum atomic E-state index is -3.39. The maximum absolute atomic E-state index is 13.5. The highest BCUT2D eigenvalue weighted by atomic mass is 32.2. The van der Waals surface area contributed by atoms with Gasteiger partial charge < -0.3 is 9.84 Å². The van der Waals surface area contributed by atoms with Crippen molar-refractivity contribution in [1.82, 2.24) is 19.6 Å². The molecule has 1 aliphatic heterocycles. The van der Waals surface area contributed by atoms with Crippen LogP contribution in [0.2, 0.25) is 0 Å². The maximum atomic E-state index is 13.5. The van der Waals surface area contributed by atoms with Crippen molar-refractivity contribution >= 4 is 27.5 Å². The number of aromatic nitrogens is 4. The molecule has 1 fully saturated rings. The molecular weight excluding hydrogens is 554 g/mol. The molecule has 2 aromatic heterocycles. The number of fused-ring (bicyclic) bond motifs is 1. The summed E-state index contributed by atoms with van der Waals surface area (Å²) in [7, 11) is -3.39. The number of hydrogen-bond acceptors (Lipinski definition) is 8. The van der Waals surface area contributed by atoms with Gasteiger partial charge in [0.15, 0.2) is 5.82 Å². The van der Waals surface area contributed by atoms with Crippen molar-refractivity contribution in [1.29, 1.82) is 0 Å². The molecule has 10 nitrogen and oxygen atoms in total. The molecule has 3 heterocycles. The summed E-state index contributed by atoms with van der Waals surface area (Å²) in [6, 6.07) is 7.70. The molecule has 0 spiro atoms. The van der Waals surface area contributed by atoms with Crippen LogP contribution in [0.1, 0.15) is 87.1 Å². The van der Waals surface area contributed by atoms with E-state index in [0.29, 0.717) is 43.0 Å². The maximum Gasteiger partial charge on any atom is 0.338 e. The van der Waals surface area contributed by atoms with E-state index >= 15 is 0 Å². The predicted octanol–water partition coefficient (Wildman–Crippen LogP) is 5.32. The van der Waals surface area contributed by atoms with Crippen molar-refractivity contribution in [2.75, 3.05) is 10.5 Å². The van der Waals surface area contributed by atoms with Crippen molar-refractivity contribution in [3.05, 3.63) is 63.9 Å². The number of aliphatic hydroxyl groups is 1. The summed E-state index contributed by atoms with van der Waals surface area (Å²) in [5, 5.41) is 15.8. The van der Waals surface area contributed by atoms with Gasteiger partial charge >= 0.3 is 5.97 Å². The number of anilines is 1. The van der Waals surface area contributed by atoms with E-state index in [2.05, 4.69) is 19.8 Å². The summed E-state index contributed by atoms with van der Waals surface area (Å²) in [5.74, 6) is 0.648. The lowest BCUT2D eigenvalue weighted by Gasteiger charge is -2.41. The molecule has 1 atom stereocenters. The smallest absolute Gasteiger partial charge is 0.338 e. The Kier molecular flexibility index (Phi) is 8.59. The van der Waals surface area contributed by atoms with Crippen molar-refractivity contribution in [2.24, 2.45) is 5.92 Å². The van der Waals surface area contributed by atoms with Crippen LogP contribution in [0.3, 0.4) is 0 Å². The Morgan fingerprint density at radius 1 is 1.14 bits per heavy atom. The third-order valence-corrected chi connectivity index (χ3v) is 10.1. The van der Waals surface area contributed by atoms with E-state index < -0.39 is 21.6 Å². The number of esters is 1. The van der Waals surface area contributed by atoms with E-state index in [1.54, 1.807) is 4.52 Å². The molecule has 1 aliphatic carbocycles. The van der Waals surface area contributed by atoms with Gasteiger partial charge in [0.2, 0.25) is 10.0 Å². The zero-order valence-electron chi connectivity index (χ0n) is 24.9. The second-order valence-corrected chi connectivity index (χ2v) is 13.6. The number of carbonyl (C=O) groups is 1. The Hall–Kier alpha value is -3.47. The fraction of sp³-hybridized carbons (Fsp3) is 0.548. The van der Waals surface area contributed by atoms with Crippen LogP contribution in [0, 0.1) is 19.8 Å². The first kappa shape index (κ1) is 30.0. The molecule has 0 bridgehead atoms. The minimum Gasteiger partial charge on any atom is -0.512 e. The van der Waals surface area contributed by atoms with Crippen molar-refractivity contribution in [2.45, 2.75) is 97.5 Å². The van der Waals surface area contributed by atoms with Gasteiger partial charge in [-0.3, -0.25) is 4.72 Å². The molecule has 3 aromatic rings. The van der Waals surface area contributed by atoms with Crippen LogP contribution in [0.25, 0.3) is 5.78 Å². The number of cyclic esters (lactones) is 1. The topological polar surface area (TPSA) is 136 Å². The largest absolute Gasteiger partial charge is 0.512 e. The highest BCUT2D eigenvalue weighted by molar-refractivity contribution is 7.92. The van der Waals surface area contributed by atoms with Crippen molar-refractivity contribution in [3.63, 3.8) is 0 Å². The number of ether oxygens (including phenoxy) is 1. The number of sulfonamides is 1. The van der Waals surface area contributed by atoms with Gasteiger partial charge in [0.25, 0.3) is 5.78 Å². The number of rotatable bonds is 11. The van der Waals surface area contributed by atoms with Crippen molar-refractivity contribution in [3.8, 4) is 0 Å². The molecule has 5 rings (SSSR count). The van der Waals surface area contributed by atoms with E-state index in [1.165, 1.54) is 0 Å². The lowest BCUT2D eigenvalue weighted by molar-refractivity contribution is -0.167. The van der Waals surface area contributed by atoms with E-state index in [1.807, 2.05) is 52.0 Å². The van der Waals surface area contributed by atoms with Gasteiger partial charge in [-0.05, 0) is 81.5 Å². The molecule has 2 aliphatic rings. The third kappa shape index (κ3) is 6.30. The zero-order valence-corrected chi connectivity index (χ0v) is 25.8. The number of nitrogens with zero attached hydrogens (tertiary/aromatic N) is 4. The molecule has 1 saturated carbocycles. The van der Waals surface area contributed by atoms with Crippen LogP contribution in [0.15, 0.2) is 35.6 Å². The average Bonchev–Trinajstić information content (AvgIpc) is 3.61. The summed E-state index contributed by atoms with van der Waals surface area (Å²) < 4.78 is 35.4. The number of carbonyl (C=O) groups excluding carboxylic acids is 1. The van der Waals surface area contributed by atoms with Gasteiger partial charge in [0.05, 0.1) is 17.0 Å². The Labute approximate surface area is 247 Å². The van der Waals surface area contributed by atoms with E-state index in [0.717, 1.165) is 48.2 Å². The van der Waals surface area contributed by atoms with E-state index in [4.69, 9.17) is 4.74 Å². The number of hydrogen-bond donors (Lipinski definition) is 2. The van der Waals surface area contributed by atoms with E-state index in [9.17, 15) is 18.3 Å². The van der Waals surface area contributed by atoms with Crippen LogP contribution in [0.4, 0.5) is 5.69 Å². The molecule has 0 radical (unpaired) electrons. The zero-order chi connectivity index (χ0) is 30.1. The molecule has 1 unspecified atom stereocenters. The molecule has 1 aromatic carbocycles. The molecule has 0 saturated heterocycles. The summed E-state index contributed by atoms with van der Waals surface area (Å²) >= 11 is 0. The fourth-order valence-electron chi connectivity index (χ4n) is 6.47. The average molecular weight is 596 g/mol. The second kappa shape index (κ2) is 12.0. The number of aliphatic hydroxyl groups excluding tert-OH is 1. The van der Waals surface area contributed by atoms with Crippen molar-refractivity contribution < 1.29 is 23.1 Å². The number of nitrogens with one attached hydrogen (secondary N) is 1. The normalized spacial score (nSPS) is 20.0. The summed E-state index contributed by atoms with van der Waals surface area (Å²) in [5.41, 5.74) is 3.70. The van der Waals surface area contributed by atoms with Crippen LogP contribution < -0.4 is 4.72 Å². The first-order chi connectivity index (χ1) is 20.0. The lowest BCUT2D eigenvalue weighted by Crippen LogP contribution is -2.46. The Bertz CT molecular complexity index is 1620. The Morgan fingerprint density at radius 2 is 1.90 bits per heavy atom. The SMILES string of the molecule is CCCS(=O)(=O)Nc1ccc(CCC2(C3CCCC3)CC(O)=C(Cc3nc4nc(C)cc(C)n4n3)C(=O)O2)cc1CC. The summed E-state index contributed by atoms with van der Waals surface area (Å²) in [6.07, 6.45) is 6.82. The molecule has 2 N–H and O–H groups in total. The quantitative estimate of drug-likeness (QED) is 0.284. The first-order valence-electron chi connectivity index (χ1n) is 15.0. The monoisotopic (exact) mass is 595 g/mol. The van der Waals surface area contributed by atoms with Gasteiger partial charge in [-0.15, -0.1) is 5.10 Å². The van der Waals surface area contributed by atoms with Crippen LogP contribution in [-0.4, -0.2) is 50.4 Å². The Balaban J connectivity index is 1.37. The van der Waals surface area contributed by atoms with Gasteiger partial charge in [0, 0.05) is 24.2 Å². The molecule has 226 valence electrons. The fourth-order valence-corrected chi connectivity index (χ4v) is 7.64. The number of benzene rings is 1. The minimum absolute atomic E-state index is 0.0489. The summed E-state index contributed by atoms with van der Waals surface area (Å²) in [4.78, 5) is 22.4. The Morgan fingerprint density at radius 3 is 2.60 bits per heavy atom. The number of aryl methyl sites for hydroxylation is 4. The molecular formula is C31H41N5O5S. The van der Waals surface area contributed by atoms with Gasteiger partial charge in [-0.25, -0.2) is 22.7 Å². The predicted molar refractivity (Wildman–Crippen MR) is 161 cm³/mol. The van der Waals surface area contributed by atoms with E-state index in [-0.39, 0.29) is 35.8 Å². The summed E-state index contributed by atoms with van der Waals surface area (Å²) in [6.45, 7) is 7.65. The third-order valence-electron chi connectivity index (χ3n) is 8.58.